The highest BCUT2D eigenvalue weighted by atomic mass is 32.2. The molecular weight excluding hydrogens is 775 g/mol. The third kappa shape index (κ3) is 8.93. The van der Waals surface area contributed by atoms with E-state index in [9.17, 15) is 27.6 Å². The number of hydrogen-bond donors (Lipinski definition) is 3. The number of hydrogen-bond acceptors (Lipinski definition) is 11. The summed E-state index contributed by atoms with van der Waals surface area (Å²) in [5.41, 5.74) is -1.05. The quantitative estimate of drug-likeness (QED) is 0.267. The summed E-state index contributed by atoms with van der Waals surface area (Å²) in [5, 5.41) is 6.43. The number of allylic oxidation sites excluding steroid dienone is 1. The van der Waals surface area contributed by atoms with Gasteiger partial charge in [0.25, 0.3) is 5.91 Å². The molecule has 0 radical (unpaired) electrons. The van der Waals surface area contributed by atoms with Crippen molar-refractivity contribution in [3.63, 3.8) is 0 Å². The predicted molar refractivity (Wildman–Crippen MR) is 218 cm³/mol. The number of ether oxygens (including phenoxy) is 2. The highest BCUT2D eigenvalue weighted by Crippen LogP contribution is 2.49. The second-order valence-corrected chi connectivity index (χ2v) is 19.8. The highest BCUT2D eigenvalue weighted by Gasteiger charge is 2.64. The molecule has 59 heavy (non-hydrogen) atoms. The summed E-state index contributed by atoms with van der Waals surface area (Å²) in [5.74, 6) is -1.90. The number of nitrogens with zero attached hydrogens (tertiary/aromatic N) is 4. The largest absolute Gasteiger partial charge is 0.488 e. The zero-order valence-corrected chi connectivity index (χ0v) is 34.6. The molecule has 15 nitrogen and oxygen atoms in total. The van der Waals surface area contributed by atoms with Crippen molar-refractivity contribution in [2.75, 3.05) is 19.6 Å². The first kappa shape index (κ1) is 40.7. The van der Waals surface area contributed by atoms with E-state index in [-0.39, 0.29) is 38.4 Å². The molecule has 3 N–H and O–H groups in total. The molecule has 0 bridgehead atoms. The Bertz CT molecular complexity index is 2240. The molecule has 1 saturated heterocycles. The maximum absolute atomic E-state index is 14.9. The standard InChI is InChI=1S/C43H53N7O8S/c1-41(2,3)58-40(54)46-33-27-49(30-15-16-30)22-9-5-8-13-29-25-43(29,39(53)48-59(55,56)42(18-19-42)24-28-11-6-4-7-12-28)47-37(51)34-23-31(26-50(34)38(33)52)57-35-17-21-45-36-32(35)14-10-20-44-36/h4,6-8,10-14,17,20-21,29-31,33-34H,5,9,15-16,18-19,22-27H2,1-3H3,(H,46,54)(H,47,51)(H,48,53)/b13-8-/t29?,31-,33+,34+,43-/m1/s1. The van der Waals surface area contributed by atoms with Crippen LogP contribution in [0.15, 0.2) is 73.1 Å². The molecule has 2 aliphatic heterocycles. The molecule has 2 aromatic heterocycles. The van der Waals surface area contributed by atoms with Crippen LogP contribution >= 0.6 is 0 Å². The molecule has 5 atom stereocenters. The number of benzene rings is 1. The van der Waals surface area contributed by atoms with E-state index in [4.69, 9.17) is 9.47 Å². The van der Waals surface area contributed by atoms with E-state index in [1.807, 2.05) is 48.6 Å². The molecule has 3 saturated carbocycles. The van der Waals surface area contributed by atoms with Gasteiger partial charge in [0.05, 0.1) is 16.7 Å². The minimum absolute atomic E-state index is 0.00413. The molecule has 0 spiro atoms. The Balaban J connectivity index is 1.10. The minimum Gasteiger partial charge on any atom is -0.488 e. The summed E-state index contributed by atoms with van der Waals surface area (Å²) < 4.78 is 41.3. The lowest BCUT2D eigenvalue weighted by Gasteiger charge is -2.33. The van der Waals surface area contributed by atoms with Gasteiger partial charge in [-0.3, -0.25) is 24.0 Å². The predicted octanol–water partition coefficient (Wildman–Crippen LogP) is 3.78. The van der Waals surface area contributed by atoms with Gasteiger partial charge in [-0.05, 0) is 102 Å². The Labute approximate surface area is 344 Å². The Morgan fingerprint density at radius 1 is 1.00 bits per heavy atom. The number of amides is 4. The summed E-state index contributed by atoms with van der Waals surface area (Å²) in [7, 11) is -4.15. The van der Waals surface area contributed by atoms with Crippen molar-refractivity contribution in [2.24, 2.45) is 5.92 Å². The second-order valence-electron chi connectivity index (χ2n) is 17.7. The molecule has 1 unspecified atom stereocenters. The third-order valence-electron chi connectivity index (χ3n) is 12.0. The summed E-state index contributed by atoms with van der Waals surface area (Å²) in [6.45, 7) is 6.09. The fourth-order valence-corrected chi connectivity index (χ4v) is 10.1. The van der Waals surface area contributed by atoms with Crippen LogP contribution in [0, 0.1) is 5.92 Å². The smallest absolute Gasteiger partial charge is 0.408 e. The molecule has 4 heterocycles. The van der Waals surface area contributed by atoms with E-state index in [2.05, 4.69) is 30.2 Å². The number of carbonyl (C=O) groups excluding carboxylic acids is 4. The van der Waals surface area contributed by atoms with Crippen LogP contribution in [0.3, 0.4) is 0 Å². The molecule has 8 rings (SSSR count). The summed E-state index contributed by atoms with van der Waals surface area (Å²) >= 11 is 0. The number of nitrogens with one attached hydrogen (secondary N) is 3. The maximum Gasteiger partial charge on any atom is 0.408 e. The molecule has 314 valence electrons. The first-order valence-electron chi connectivity index (χ1n) is 20.7. The topological polar surface area (TPSA) is 189 Å². The average Bonchev–Trinajstić information content (AvgIpc) is 4.12. The number of alkyl carbamates (subject to hydrolysis) is 1. The van der Waals surface area contributed by atoms with E-state index in [0.29, 0.717) is 42.6 Å². The lowest BCUT2D eigenvalue weighted by atomic mass is 10.1. The van der Waals surface area contributed by atoms with Crippen LogP contribution in [-0.2, 0) is 35.6 Å². The number of pyridine rings is 2. The Kier molecular flexibility index (Phi) is 10.9. The number of aromatic nitrogens is 2. The van der Waals surface area contributed by atoms with Crippen LogP contribution in [0.25, 0.3) is 11.0 Å². The van der Waals surface area contributed by atoms with Gasteiger partial charge in [0.2, 0.25) is 21.8 Å². The fraction of sp³-hybridized carbons (Fsp3) is 0.535. The fourth-order valence-electron chi connectivity index (χ4n) is 8.47. The first-order valence-corrected chi connectivity index (χ1v) is 22.1. The zero-order valence-electron chi connectivity index (χ0n) is 33.8. The lowest BCUT2D eigenvalue weighted by molar-refractivity contribution is -0.141. The van der Waals surface area contributed by atoms with E-state index in [1.165, 1.54) is 4.90 Å². The van der Waals surface area contributed by atoms with Crippen molar-refractivity contribution in [3.8, 4) is 5.75 Å². The van der Waals surface area contributed by atoms with Gasteiger partial charge in [-0.15, -0.1) is 0 Å². The molecule has 3 aliphatic carbocycles. The van der Waals surface area contributed by atoms with Crippen molar-refractivity contribution in [1.29, 1.82) is 0 Å². The van der Waals surface area contributed by atoms with E-state index < -0.39 is 73.8 Å². The van der Waals surface area contributed by atoms with Crippen LogP contribution in [0.1, 0.15) is 77.7 Å². The average molecular weight is 828 g/mol. The maximum atomic E-state index is 14.9. The molecule has 4 fully saturated rings. The van der Waals surface area contributed by atoms with Crippen LogP contribution < -0.4 is 20.1 Å². The lowest BCUT2D eigenvalue weighted by Crippen LogP contribution is -2.60. The SMILES string of the molecule is CC(C)(C)OC(=O)N[C@H]1CN(C2CC2)CCC/C=C\C2C[C@@]2(C(=O)NS(=O)(=O)C2(Cc3ccccc3)CC2)NC(=O)[C@@H]2C[C@@H](Oc3ccnc4ncccc34)CN2C1=O. The van der Waals surface area contributed by atoms with Crippen molar-refractivity contribution in [1.82, 2.24) is 35.1 Å². The Morgan fingerprint density at radius 2 is 1.76 bits per heavy atom. The monoisotopic (exact) mass is 827 g/mol. The second kappa shape index (κ2) is 15.8. The zero-order chi connectivity index (χ0) is 41.6. The number of carbonyl (C=O) groups is 4. The van der Waals surface area contributed by atoms with Crippen molar-refractivity contribution < 1.29 is 37.1 Å². The van der Waals surface area contributed by atoms with Gasteiger partial charge in [0, 0.05) is 37.3 Å². The summed E-state index contributed by atoms with van der Waals surface area (Å²) in [6, 6.07) is 12.7. The van der Waals surface area contributed by atoms with Gasteiger partial charge in [0.15, 0.2) is 5.65 Å². The molecule has 16 heteroatoms. The summed E-state index contributed by atoms with van der Waals surface area (Å²) in [6.07, 6.45) is 10.3. The molecule has 5 aliphatic rings. The minimum atomic E-state index is -4.15. The molecule has 1 aromatic carbocycles. The Morgan fingerprint density at radius 3 is 2.49 bits per heavy atom. The normalized spacial score (nSPS) is 27.9. The van der Waals surface area contributed by atoms with Crippen LogP contribution in [-0.4, -0.2) is 112 Å². The first-order chi connectivity index (χ1) is 28.2. The van der Waals surface area contributed by atoms with Crippen LogP contribution in [0.5, 0.6) is 5.75 Å². The van der Waals surface area contributed by atoms with Gasteiger partial charge < -0.3 is 25.0 Å². The van der Waals surface area contributed by atoms with Gasteiger partial charge in [0.1, 0.15) is 35.1 Å². The van der Waals surface area contributed by atoms with Gasteiger partial charge in [-0.1, -0.05) is 42.5 Å². The van der Waals surface area contributed by atoms with E-state index in [0.717, 1.165) is 24.8 Å². The molecule has 4 amide bonds. The van der Waals surface area contributed by atoms with E-state index in [1.54, 1.807) is 45.3 Å². The number of fused-ring (bicyclic) bond motifs is 3. The third-order valence-corrected chi connectivity index (χ3v) is 14.2. The van der Waals surface area contributed by atoms with Crippen LogP contribution in [0.4, 0.5) is 4.79 Å². The number of sulfonamides is 1. The van der Waals surface area contributed by atoms with Crippen molar-refractivity contribution >= 4 is 44.9 Å². The van der Waals surface area contributed by atoms with Crippen molar-refractivity contribution in [3.05, 3.63) is 78.6 Å². The van der Waals surface area contributed by atoms with Gasteiger partial charge >= 0.3 is 6.09 Å². The summed E-state index contributed by atoms with van der Waals surface area (Å²) in [4.78, 5) is 69.5. The number of rotatable bonds is 9. The highest BCUT2D eigenvalue weighted by molar-refractivity contribution is 7.91. The van der Waals surface area contributed by atoms with E-state index >= 15 is 0 Å². The van der Waals surface area contributed by atoms with Gasteiger partial charge in [-0.2, -0.15) is 0 Å². The van der Waals surface area contributed by atoms with Crippen LogP contribution in [0.2, 0.25) is 0 Å². The molecule has 3 aromatic rings. The van der Waals surface area contributed by atoms with Gasteiger partial charge in [-0.25, -0.2) is 23.2 Å². The molecular formula is C43H53N7O8S. The van der Waals surface area contributed by atoms with Crippen molar-refractivity contribution in [2.45, 2.75) is 119 Å². The Hall–Kier alpha value is -5.09.